The van der Waals surface area contributed by atoms with Crippen LogP contribution in [0.4, 0.5) is 21.5 Å². The highest BCUT2D eigenvalue weighted by molar-refractivity contribution is 6.29. The van der Waals surface area contributed by atoms with Gasteiger partial charge in [0.05, 0.1) is 29.7 Å². The fourth-order valence-electron chi connectivity index (χ4n) is 4.11. The molecule has 2 heterocycles. The van der Waals surface area contributed by atoms with Crippen molar-refractivity contribution in [3.63, 3.8) is 0 Å². The highest BCUT2D eigenvalue weighted by atomic mass is 35.5. The van der Waals surface area contributed by atoms with Gasteiger partial charge in [-0.1, -0.05) is 32.4 Å². The third kappa shape index (κ3) is 6.33. The monoisotopic (exact) mass is 463 g/mol. The fourth-order valence-corrected chi connectivity index (χ4v) is 4.22. The second kappa shape index (κ2) is 11.0. The molecule has 1 aromatic carbocycles. The van der Waals surface area contributed by atoms with Crippen LogP contribution in [-0.2, 0) is 9.53 Å². The number of nitrogens with zero attached hydrogens (tertiary/aromatic N) is 2. The number of carboxylic acid groups (broad SMARTS) is 1. The number of aliphatic carboxylic acids is 1. The van der Waals surface area contributed by atoms with Gasteiger partial charge in [-0.3, -0.25) is 4.79 Å². The van der Waals surface area contributed by atoms with Crippen LogP contribution in [0.15, 0.2) is 30.5 Å². The largest absolute Gasteiger partial charge is 0.481 e. The molecule has 1 aliphatic rings. The number of hydrogen-bond donors (Lipinski definition) is 2. The summed E-state index contributed by atoms with van der Waals surface area (Å²) in [6.07, 6.45) is 3.21. The molecular weight excluding hydrogens is 433 g/mol. The van der Waals surface area contributed by atoms with E-state index in [2.05, 4.69) is 29.0 Å². The van der Waals surface area contributed by atoms with Crippen molar-refractivity contribution in [3.05, 3.63) is 47.0 Å². The zero-order valence-corrected chi connectivity index (χ0v) is 19.5. The van der Waals surface area contributed by atoms with Crippen LogP contribution in [0.1, 0.15) is 51.5 Å². The lowest BCUT2D eigenvalue weighted by Gasteiger charge is -2.38. The summed E-state index contributed by atoms with van der Waals surface area (Å²) < 4.78 is 20.8. The van der Waals surface area contributed by atoms with Crippen molar-refractivity contribution in [1.29, 1.82) is 0 Å². The predicted molar refractivity (Wildman–Crippen MR) is 126 cm³/mol. The minimum absolute atomic E-state index is 0.145. The SMILES string of the molecule is CC(C)CN(c1cc(F)c([C@H](C)CC(=O)O)cc1Nc1ccc(Cl)nc1)C1CCOCC1. The van der Waals surface area contributed by atoms with Crippen LogP contribution < -0.4 is 10.2 Å². The Labute approximate surface area is 193 Å². The van der Waals surface area contributed by atoms with Crippen molar-refractivity contribution >= 4 is 34.6 Å². The van der Waals surface area contributed by atoms with Gasteiger partial charge in [0, 0.05) is 25.8 Å². The van der Waals surface area contributed by atoms with E-state index in [1.54, 1.807) is 25.3 Å². The molecule has 1 saturated heterocycles. The molecule has 1 aliphatic heterocycles. The van der Waals surface area contributed by atoms with Gasteiger partial charge in [0.25, 0.3) is 0 Å². The smallest absolute Gasteiger partial charge is 0.303 e. The number of ether oxygens (including phenoxy) is 1. The van der Waals surface area contributed by atoms with E-state index in [9.17, 15) is 9.90 Å². The van der Waals surface area contributed by atoms with E-state index in [-0.39, 0.29) is 12.5 Å². The standard InChI is InChI=1S/C24H31ClFN3O3/c1-15(2)14-29(18-6-8-32-9-7-18)22-12-20(26)19(16(3)10-24(30)31)11-21(22)28-17-4-5-23(25)27-13-17/h4-5,11-13,15-16,18,28H,6-10,14H2,1-3H3,(H,30,31)/t16-/m1/s1. The Morgan fingerprint density at radius 2 is 2.03 bits per heavy atom. The molecule has 6 nitrogen and oxygen atoms in total. The number of pyridine rings is 1. The van der Waals surface area contributed by atoms with E-state index in [4.69, 9.17) is 16.3 Å². The number of benzene rings is 1. The normalized spacial score (nSPS) is 15.6. The highest BCUT2D eigenvalue weighted by Gasteiger charge is 2.27. The molecule has 3 rings (SSSR count). The third-order valence-corrected chi connectivity index (χ3v) is 5.86. The zero-order valence-electron chi connectivity index (χ0n) is 18.8. The number of nitrogens with one attached hydrogen (secondary N) is 1. The van der Waals surface area contributed by atoms with Gasteiger partial charge in [0.2, 0.25) is 0 Å². The summed E-state index contributed by atoms with van der Waals surface area (Å²) in [5, 5.41) is 12.9. The van der Waals surface area contributed by atoms with Crippen LogP contribution in [0.2, 0.25) is 5.15 Å². The predicted octanol–water partition coefficient (Wildman–Crippen LogP) is 5.84. The first kappa shape index (κ1) is 24.3. The molecule has 174 valence electrons. The number of carboxylic acids is 1. The Hall–Kier alpha value is -2.38. The Kier molecular flexibility index (Phi) is 8.32. The van der Waals surface area contributed by atoms with Crippen molar-refractivity contribution in [3.8, 4) is 0 Å². The third-order valence-electron chi connectivity index (χ3n) is 5.64. The molecule has 0 saturated carbocycles. The Bertz CT molecular complexity index is 917. The summed E-state index contributed by atoms with van der Waals surface area (Å²) in [4.78, 5) is 17.6. The van der Waals surface area contributed by atoms with Gasteiger partial charge in [-0.15, -0.1) is 0 Å². The Morgan fingerprint density at radius 3 is 2.62 bits per heavy atom. The van der Waals surface area contributed by atoms with Crippen molar-refractivity contribution in [1.82, 2.24) is 4.98 Å². The molecule has 2 aromatic rings. The molecular formula is C24H31ClFN3O3. The van der Waals surface area contributed by atoms with Crippen LogP contribution >= 0.6 is 11.6 Å². The maximum atomic E-state index is 15.3. The number of carbonyl (C=O) groups is 1. The Morgan fingerprint density at radius 1 is 1.31 bits per heavy atom. The van der Waals surface area contributed by atoms with Gasteiger partial charge in [0.1, 0.15) is 11.0 Å². The van der Waals surface area contributed by atoms with Crippen LogP contribution in [0.25, 0.3) is 0 Å². The van der Waals surface area contributed by atoms with Crippen molar-refractivity contribution < 1.29 is 19.0 Å². The summed E-state index contributed by atoms with van der Waals surface area (Å²) in [5.74, 6) is -1.45. The molecule has 0 amide bonds. The lowest BCUT2D eigenvalue weighted by molar-refractivity contribution is -0.137. The summed E-state index contributed by atoms with van der Waals surface area (Å²) in [5.41, 5.74) is 2.56. The average Bonchev–Trinajstić information content (AvgIpc) is 2.74. The number of rotatable bonds is 9. The fraction of sp³-hybridized carbons (Fsp3) is 0.500. The van der Waals surface area contributed by atoms with Crippen LogP contribution in [0.3, 0.4) is 0 Å². The molecule has 8 heteroatoms. The first-order valence-electron chi connectivity index (χ1n) is 11.0. The van der Waals surface area contributed by atoms with Crippen molar-refractivity contribution in [2.45, 2.75) is 52.0 Å². The summed E-state index contributed by atoms with van der Waals surface area (Å²) >= 11 is 5.93. The first-order chi connectivity index (χ1) is 15.2. The van der Waals surface area contributed by atoms with Crippen LogP contribution in [0.5, 0.6) is 0 Å². The van der Waals surface area contributed by atoms with E-state index in [1.165, 1.54) is 6.07 Å². The molecule has 0 bridgehead atoms. The highest BCUT2D eigenvalue weighted by Crippen LogP contribution is 2.37. The quantitative estimate of drug-likeness (QED) is 0.455. The number of anilines is 3. The lowest BCUT2D eigenvalue weighted by Crippen LogP contribution is -2.42. The molecule has 32 heavy (non-hydrogen) atoms. The summed E-state index contributed by atoms with van der Waals surface area (Å²) in [6, 6.07) is 7.00. The lowest BCUT2D eigenvalue weighted by atomic mass is 9.95. The van der Waals surface area contributed by atoms with E-state index >= 15 is 4.39 Å². The molecule has 0 aliphatic carbocycles. The summed E-state index contributed by atoms with van der Waals surface area (Å²) in [7, 11) is 0. The molecule has 1 fully saturated rings. The topological polar surface area (TPSA) is 74.7 Å². The molecule has 0 spiro atoms. The van der Waals surface area contributed by atoms with Gasteiger partial charge >= 0.3 is 5.97 Å². The maximum Gasteiger partial charge on any atom is 0.303 e. The van der Waals surface area contributed by atoms with Gasteiger partial charge in [0.15, 0.2) is 0 Å². The average molecular weight is 464 g/mol. The molecule has 1 aromatic heterocycles. The number of halogens is 2. The Balaban J connectivity index is 2.07. The van der Waals surface area contributed by atoms with Gasteiger partial charge in [-0.2, -0.15) is 0 Å². The van der Waals surface area contributed by atoms with Crippen molar-refractivity contribution in [2.24, 2.45) is 5.92 Å². The zero-order chi connectivity index (χ0) is 23.3. The number of hydrogen-bond acceptors (Lipinski definition) is 5. The molecule has 2 N–H and O–H groups in total. The van der Waals surface area contributed by atoms with E-state index in [1.807, 2.05) is 6.07 Å². The van der Waals surface area contributed by atoms with Crippen LogP contribution in [0, 0.1) is 11.7 Å². The second-order valence-corrected chi connectivity index (χ2v) is 9.16. The summed E-state index contributed by atoms with van der Waals surface area (Å²) in [6.45, 7) is 8.13. The van der Waals surface area contributed by atoms with Gasteiger partial charge < -0.3 is 20.1 Å². The maximum absolute atomic E-state index is 15.3. The minimum Gasteiger partial charge on any atom is -0.481 e. The van der Waals surface area contributed by atoms with E-state index < -0.39 is 17.7 Å². The van der Waals surface area contributed by atoms with Gasteiger partial charge in [-0.05, 0) is 54.5 Å². The minimum atomic E-state index is -0.957. The van der Waals surface area contributed by atoms with E-state index in [0.29, 0.717) is 29.8 Å². The molecule has 1 atom stereocenters. The van der Waals surface area contributed by atoms with Gasteiger partial charge in [-0.25, -0.2) is 9.37 Å². The van der Waals surface area contributed by atoms with Crippen LogP contribution in [-0.4, -0.2) is 41.9 Å². The molecule has 0 unspecified atom stereocenters. The first-order valence-corrected chi connectivity index (χ1v) is 11.4. The number of aromatic nitrogens is 1. The van der Waals surface area contributed by atoms with E-state index in [0.717, 1.165) is 36.4 Å². The molecule has 0 radical (unpaired) electrons. The van der Waals surface area contributed by atoms with Crippen molar-refractivity contribution in [2.75, 3.05) is 30.0 Å². The second-order valence-electron chi connectivity index (χ2n) is 8.77.